The summed E-state index contributed by atoms with van der Waals surface area (Å²) in [5.41, 5.74) is 1.28. The molecule has 0 aromatic heterocycles. The van der Waals surface area contributed by atoms with Crippen molar-refractivity contribution in [3.8, 4) is 0 Å². The van der Waals surface area contributed by atoms with Crippen LogP contribution in [0.4, 0.5) is 8.78 Å². The van der Waals surface area contributed by atoms with Crippen LogP contribution in [0.1, 0.15) is 79.3 Å². The van der Waals surface area contributed by atoms with Gasteiger partial charge in [0.2, 0.25) is 5.91 Å². The Morgan fingerprint density at radius 2 is 1.43 bits per heavy atom. The van der Waals surface area contributed by atoms with Gasteiger partial charge in [-0.15, -0.1) is 0 Å². The Balaban J connectivity index is 2.38. The van der Waals surface area contributed by atoms with Crippen molar-refractivity contribution >= 4 is 17.7 Å². The minimum atomic E-state index is -1.67. The molecular formula is C32H45F2N3O5. The third kappa shape index (κ3) is 10.2. The van der Waals surface area contributed by atoms with Crippen LogP contribution in [0.5, 0.6) is 0 Å². The fraction of sp³-hybridized carbons (Fsp3) is 0.531. The molecule has 0 saturated carbocycles. The number of aliphatic hydroxyl groups is 2. The van der Waals surface area contributed by atoms with E-state index in [1.54, 1.807) is 24.0 Å². The molecule has 0 bridgehead atoms. The van der Waals surface area contributed by atoms with Crippen molar-refractivity contribution in [2.45, 2.75) is 79.1 Å². The molecule has 4 N–H and O–H groups in total. The van der Waals surface area contributed by atoms with E-state index in [2.05, 4.69) is 10.6 Å². The minimum absolute atomic E-state index is 0.135. The molecule has 4 unspecified atom stereocenters. The van der Waals surface area contributed by atoms with E-state index in [0.717, 1.165) is 25.0 Å². The van der Waals surface area contributed by atoms with Gasteiger partial charge in [-0.3, -0.25) is 14.4 Å². The molecule has 0 spiro atoms. The first-order valence-corrected chi connectivity index (χ1v) is 14.6. The van der Waals surface area contributed by atoms with Gasteiger partial charge in [0.05, 0.1) is 18.1 Å². The van der Waals surface area contributed by atoms with Crippen molar-refractivity contribution in [3.05, 3.63) is 70.3 Å². The lowest BCUT2D eigenvalue weighted by atomic mass is 9.90. The van der Waals surface area contributed by atoms with E-state index in [-0.39, 0.29) is 29.4 Å². The summed E-state index contributed by atoms with van der Waals surface area (Å²) in [5, 5.41) is 27.5. The first-order chi connectivity index (χ1) is 19.8. The molecule has 0 aliphatic heterocycles. The van der Waals surface area contributed by atoms with E-state index in [4.69, 9.17) is 0 Å². The molecule has 2 aromatic carbocycles. The highest BCUT2D eigenvalue weighted by atomic mass is 19.1. The third-order valence-electron chi connectivity index (χ3n) is 6.93. The number of aliphatic hydroxyl groups excluding tert-OH is 2. The molecule has 2 rings (SSSR count). The molecule has 0 heterocycles. The average Bonchev–Trinajstić information content (AvgIpc) is 2.92. The molecule has 0 aliphatic rings. The zero-order valence-electron chi connectivity index (χ0n) is 25.4. The molecule has 232 valence electrons. The molecule has 8 nitrogen and oxygen atoms in total. The van der Waals surface area contributed by atoms with Crippen molar-refractivity contribution in [1.29, 1.82) is 0 Å². The smallest absolute Gasteiger partial charge is 0.253 e. The molecule has 3 amide bonds. The molecule has 0 aliphatic carbocycles. The monoisotopic (exact) mass is 589 g/mol. The van der Waals surface area contributed by atoms with Gasteiger partial charge in [0.25, 0.3) is 11.8 Å². The normalized spacial score (nSPS) is 14.2. The number of hydrogen-bond donors (Lipinski definition) is 4. The van der Waals surface area contributed by atoms with E-state index in [0.29, 0.717) is 36.8 Å². The van der Waals surface area contributed by atoms with Gasteiger partial charge < -0.3 is 25.7 Å². The summed E-state index contributed by atoms with van der Waals surface area (Å²) in [5.74, 6) is -3.90. The summed E-state index contributed by atoms with van der Waals surface area (Å²) in [7, 11) is 0. The minimum Gasteiger partial charge on any atom is -0.390 e. The fourth-order valence-electron chi connectivity index (χ4n) is 4.72. The Labute approximate surface area is 247 Å². The summed E-state index contributed by atoms with van der Waals surface area (Å²) in [4.78, 5) is 41.0. The summed E-state index contributed by atoms with van der Waals surface area (Å²) in [6.45, 7) is 12.5. The van der Waals surface area contributed by atoms with Gasteiger partial charge in [-0.25, -0.2) is 8.78 Å². The van der Waals surface area contributed by atoms with Gasteiger partial charge >= 0.3 is 0 Å². The largest absolute Gasteiger partial charge is 0.390 e. The number of hydrogen-bond acceptors (Lipinski definition) is 5. The van der Waals surface area contributed by atoms with Crippen molar-refractivity contribution in [2.24, 2.45) is 11.8 Å². The van der Waals surface area contributed by atoms with Gasteiger partial charge in [0.15, 0.2) is 0 Å². The second-order valence-electron chi connectivity index (χ2n) is 11.4. The summed E-state index contributed by atoms with van der Waals surface area (Å²) in [6.07, 6.45) is -1.96. The van der Waals surface area contributed by atoms with Gasteiger partial charge in [-0.1, -0.05) is 34.6 Å². The van der Waals surface area contributed by atoms with Crippen molar-refractivity contribution in [2.75, 3.05) is 19.6 Å². The zero-order valence-corrected chi connectivity index (χ0v) is 25.4. The molecule has 10 heteroatoms. The van der Waals surface area contributed by atoms with Gasteiger partial charge in [-0.05, 0) is 73.6 Å². The van der Waals surface area contributed by atoms with Crippen LogP contribution in [-0.2, 0) is 11.2 Å². The highest BCUT2D eigenvalue weighted by Crippen LogP contribution is 2.19. The van der Waals surface area contributed by atoms with Gasteiger partial charge in [-0.2, -0.15) is 0 Å². The number of carbonyl (C=O) groups excluding carboxylic acids is 3. The lowest BCUT2D eigenvalue weighted by molar-refractivity contribution is -0.131. The van der Waals surface area contributed by atoms with E-state index in [1.807, 2.05) is 27.7 Å². The second kappa shape index (κ2) is 16.3. The van der Waals surface area contributed by atoms with Crippen molar-refractivity contribution in [1.82, 2.24) is 15.5 Å². The first-order valence-electron chi connectivity index (χ1n) is 14.6. The quantitative estimate of drug-likeness (QED) is 0.250. The van der Waals surface area contributed by atoms with E-state index in [9.17, 15) is 33.4 Å². The topological polar surface area (TPSA) is 119 Å². The average molecular weight is 590 g/mol. The predicted octanol–water partition coefficient (Wildman–Crippen LogP) is 4.01. The highest BCUT2D eigenvalue weighted by Gasteiger charge is 2.35. The van der Waals surface area contributed by atoms with Gasteiger partial charge in [0.1, 0.15) is 17.7 Å². The summed E-state index contributed by atoms with van der Waals surface area (Å²) >= 11 is 0. The molecule has 2 aromatic rings. The van der Waals surface area contributed by atoms with Crippen LogP contribution in [0, 0.1) is 30.4 Å². The Bertz CT molecular complexity index is 1200. The van der Waals surface area contributed by atoms with Crippen LogP contribution < -0.4 is 10.6 Å². The van der Waals surface area contributed by atoms with E-state index >= 15 is 0 Å². The Morgan fingerprint density at radius 1 is 0.857 bits per heavy atom. The maximum Gasteiger partial charge on any atom is 0.253 e. The lowest BCUT2D eigenvalue weighted by Gasteiger charge is -2.31. The van der Waals surface area contributed by atoms with Crippen LogP contribution in [0.25, 0.3) is 0 Å². The fourth-order valence-corrected chi connectivity index (χ4v) is 4.72. The molecule has 0 radical (unpaired) electrons. The number of rotatable bonds is 15. The summed E-state index contributed by atoms with van der Waals surface area (Å²) < 4.78 is 27.9. The maximum absolute atomic E-state index is 14.0. The Hall–Kier alpha value is -3.37. The highest BCUT2D eigenvalue weighted by molar-refractivity contribution is 6.00. The first kappa shape index (κ1) is 34.8. The second-order valence-corrected chi connectivity index (χ2v) is 11.4. The maximum atomic E-state index is 14.0. The molecule has 0 saturated heterocycles. The van der Waals surface area contributed by atoms with Gasteiger partial charge in [0, 0.05) is 36.8 Å². The number of aryl methyl sites for hydroxylation is 1. The number of carbonyl (C=O) groups is 3. The van der Waals surface area contributed by atoms with E-state index in [1.165, 1.54) is 13.0 Å². The number of nitrogens with one attached hydrogen (secondary N) is 2. The van der Waals surface area contributed by atoms with Crippen LogP contribution in [0.15, 0.2) is 36.4 Å². The van der Waals surface area contributed by atoms with Crippen LogP contribution in [-0.4, -0.2) is 70.7 Å². The standard InChI is InChI=1S/C32H45F2N3O5/c1-7-9-37(10-8-2)32(42)24-12-20(5)11-23(16-24)31(41)36-27(15-22-13-25(33)17-26(34)14-22)29(39)28(38)21(6)30(40)35-18-19(3)4/h11-14,16-17,19,21,27-29,38-39H,7-10,15,18H2,1-6H3,(H,35,40)(H,36,41). The third-order valence-corrected chi connectivity index (χ3v) is 6.93. The predicted molar refractivity (Wildman–Crippen MR) is 158 cm³/mol. The Morgan fingerprint density at radius 3 is 1.98 bits per heavy atom. The summed E-state index contributed by atoms with van der Waals surface area (Å²) in [6, 6.07) is 6.35. The van der Waals surface area contributed by atoms with E-state index < -0.39 is 47.6 Å². The number of benzene rings is 2. The molecule has 4 atom stereocenters. The molecule has 0 fully saturated rings. The number of nitrogens with zero attached hydrogens (tertiary/aromatic N) is 1. The van der Waals surface area contributed by atoms with Crippen LogP contribution in [0.3, 0.4) is 0 Å². The zero-order chi connectivity index (χ0) is 31.6. The van der Waals surface area contributed by atoms with Crippen LogP contribution >= 0.6 is 0 Å². The molecule has 42 heavy (non-hydrogen) atoms. The number of amides is 3. The van der Waals surface area contributed by atoms with Crippen LogP contribution in [0.2, 0.25) is 0 Å². The van der Waals surface area contributed by atoms with Crippen molar-refractivity contribution in [3.63, 3.8) is 0 Å². The molecular weight excluding hydrogens is 544 g/mol. The lowest BCUT2D eigenvalue weighted by Crippen LogP contribution is -2.53. The van der Waals surface area contributed by atoms with Crippen molar-refractivity contribution < 1.29 is 33.4 Å². The number of halogens is 2. The Kier molecular flexibility index (Phi) is 13.5. The SMILES string of the molecule is CCCN(CCC)C(=O)c1cc(C)cc(C(=O)NC(Cc2cc(F)cc(F)c2)C(O)C(O)C(C)C(=O)NCC(C)C)c1.